The molecule has 0 bridgehead atoms. The molecule has 0 spiro atoms. The number of morpholine rings is 1. The van der Waals surface area contributed by atoms with Gasteiger partial charge < -0.3 is 14.8 Å². The molecule has 0 unspecified atom stereocenters. The average Bonchev–Trinajstić information content (AvgIpc) is 3.07. The number of nitrogens with zero attached hydrogens (tertiary/aromatic N) is 5. The van der Waals surface area contributed by atoms with E-state index in [1.54, 1.807) is 6.07 Å². The summed E-state index contributed by atoms with van der Waals surface area (Å²) in [6.45, 7) is 7.00. The van der Waals surface area contributed by atoms with Gasteiger partial charge in [-0.2, -0.15) is 10.2 Å². The molecule has 2 aromatic rings. The Morgan fingerprint density at radius 3 is 3.00 bits per heavy atom. The quantitative estimate of drug-likeness (QED) is 0.749. The molecule has 0 atom stereocenters. The Morgan fingerprint density at radius 1 is 1.40 bits per heavy atom. The number of aromatic nitrogens is 3. The third kappa shape index (κ3) is 5.35. The zero-order chi connectivity index (χ0) is 17.5. The number of nitrogens with one attached hydrogen (secondary N) is 1. The van der Waals surface area contributed by atoms with Crippen molar-refractivity contribution in [2.45, 2.75) is 13.3 Å². The zero-order valence-corrected chi connectivity index (χ0v) is 14.9. The summed E-state index contributed by atoms with van der Waals surface area (Å²) in [4.78, 5) is 15.7. The maximum Gasteiger partial charge on any atom is 0.218 e. The highest BCUT2D eigenvalue weighted by Gasteiger charge is 2.10. The van der Waals surface area contributed by atoms with Crippen LogP contribution in [0.4, 0.5) is 10.9 Å². The highest BCUT2D eigenvalue weighted by molar-refractivity contribution is 7.16. The lowest BCUT2D eigenvalue weighted by molar-refractivity contribution is 0.0357. The molecule has 132 valence electrons. The molecule has 0 aromatic carbocycles. The second-order valence-corrected chi connectivity index (χ2v) is 6.59. The lowest BCUT2D eigenvalue weighted by Crippen LogP contribution is -2.37. The van der Waals surface area contributed by atoms with Crippen molar-refractivity contribution in [1.29, 1.82) is 5.26 Å². The summed E-state index contributed by atoms with van der Waals surface area (Å²) in [5.74, 6) is 1.76. The monoisotopic (exact) mass is 360 g/mol. The predicted molar refractivity (Wildman–Crippen MR) is 94.3 cm³/mol. The van der Waals surface area contributed by atoms with E-state index >= 15 is 0 Å². The Hall–Kier alpha value is -2.28. The highest BCUT2D eigenvalue weighted by Crippen LogP contribution is 2.22. The maximum absolute atomic E-state index is 8.86. The van der Waals surface area contributed by atoms with E-state index in [0.29, 0.717) is 34.1 Å². The van der Waals surface area contributed by atoms with Gasteiger partial charge in [-0.1, -0.05) is 11.3 Å². The van der Waals surface area contributed by atoms with E-state index in [1.165, 1.54) is 17.5 Å². The molecule has 3 rings (SSSR count). The van der Waals surface area contributed by atoms with Crippen LogP contribution in [0.5, 0.6) is 5.88 Å². The number of rotatable bonds is 7. The molecule has 25 heavy (non-hydrogen) atoms. The maximum atomic E-state index is 8.86. The Kier molecular flexibility index (Phi) is 6.11. The normalized spacial score (nSPS) is 14.9. The van der Waals surface area contributed by atoms with Crippen LogP contribution in [0.3, 0.4) is 0 Å². The molecule has 1 fully saturated rings. The van der Waals surface area contributed by atoms with Gasteiger partial charge in [-0.05, 0) is 13.3 Å². The summed E-state index contributed by atoms with van der Waals surface area (Å²) < 4.78 is 11.1. The fraction of sp³-hybridized carbons (Fsp3) is 0.500. The second kappa shape index (κ2) is 8.71. The van der Waals surface area contributed by atoms with Crippen LogP contribution < -0.4 is 10.1 Å². The number of hydrogen-bond donors (Lipinski definition) is 1. The van der Waals surface area contributed by atoms with Gasteiger partial charge in [-0.3, -0.25) is 4.90 Å². The van der Waals surface area contributed by atoms with Gasteiger partial charge in [0.1, 0.15) is 22.6 Å². The zero-order valence-electron chi connectivity index (χ0n) is 14.1. The molecule has 0 radical (unpaired) electrons. The van der Waals surface area contributed by atoms with Crippen molar-refractivity contribution in [3.05, 3.63) is 23.0 Å². The first-order valence-corrected chi connectivity index (χ1v) is 8.96. The number of hydrogen-bond acceptors (Lipinski definition) is 9. The van der Waals surface area contributed by atoms with Crippen LogP contribution in [-0.4, -0.2) is 59.3 Å². The molecular weight excluding hydrogens is 340 g/mol. The molecule has 0 aliphatic carbocycles. The van der Waals surface area contributed by atoms with Crippen LogP contribution in [0.25, 0.3) is 0 Å². The first kappa shape index (κ1) is 17.5. The number of nitriles is 1. The van der Waals surface area contributed by atoms with Crippen molar-refractivity contribution in [2.24, 2.45) is 0 Å². The van der Waals surface area contributed by atoms with E-state index < -0.39 is 0 Å². The summed E-state index contributed by atoms with van der Waals surface area (Å²) >= 11 is 1.28. The van der Waals surface area contributed by atoms with Gasteiger partial charge >= 0.3 is 0 Å². The third-order valence-corrected chi connectivity index (χ3v) is 4.46. The van der Waals surface area contributed by atoms with Crippen molar-refractivity contribution in [1.82, 2.24) is 19.9 Å². The minimum Gasteiger partial charge on any atom is -0.477 e. The molecule has 1 saturated heterocycles. The van der Waals surface area contributed by atoms with Gasteiger partial charge in [0.25, 0.3) is 0 Å². The van der Waals surface area contributed by atoms with Crippen LogP contribution in [0.2, 0.25) is 0 Å². The van der Waals surface area contributed by atoms with Gasteiger partial charge in [0.05, 0.1) is 26.0 Å². The Morgan fingerprint density at radius 2 is 2.24 bits per heavy atom. The summed E-state index contributed by atoms with van der Waals surface area (Å²) in [6.07, 6.45) is 2.47. The van der Waals surface area contributed by atoms with E-state index in [0.717, 1.165) is 39.3 Å². The van der Waals surface area contributed by atoms with Gasteiger partial charge in [0.2, 0.25) is 5.88 Å². The van der Waals surface area contributed by atoms with E-state index in [4.69, 9.17) is 14.7 Å². The Bertz CT molecular complexity index is 738. The van der Waals surface area contributed by atoms with Crippen LogP contribution >= 0.6 is 11.3 Å². The van der Waals surface area contributed by atoms with E-state index in [2.05, 4.69) is 31.2 Å². The van der Waals surface area contributed by atoms with Gasteiger partial charge in [-0.25, -0.2) is 9.97 Å². The minimum absolute atomic E-state index is 0.536. The lowest BCUT2D eigenvalue weighted by atomic mass is 10.3. The first-order valence-electron chi connectivity index (χ1n) is 8.14. The van der Waals surface area contributed by atoms with E-state index in [-0.39, 0.29) is 0 Å². The summed E-state index contributed by atoms with van der Waals surface area (Å²) in [6, 6.07) is 3.81. The standard InChI is InChI=1S/C16H20N6O2S/c1-12-19-14(21-16-18-11-13(10-17)25-16)9-15(20-12)24-6-2-3-22-4-7-23-8-5-22/h9,11H,2-8H2,1H3,(H,18,19,20,21). The number of aryl methyl sites for hydroxylation is 1. The molecule has 1 N–H and O–H groups in total. The molecule has 1 aliphatic heterocycles. The largest absolute Gasteiger partial charge is 0.477 e. The summed E-state index contributed by atoms with van der Waals surface area (Å²) in [5.41, 5.74) is 0. The SMILES string of the molecule is Cc1nc(Nc2ncc(C#N)s2)cc(OCCCN2CCOCC2)n1. The lowest BCUT2D eigenvalue weighted by Gasteiger charge is -2.26. The third-order valence-electron chi connectivity index (χ3n) is 3.64. The Labute approximate surface area is 150 Å². The molecule has 0 amide bonds. The van der Waals surface area contributed by atoms with Crippen LogP contribution in [-0.2, 0) is 4.74 Å². The molecule has 9 heteroatoms. The molecule has 0 saturated carbocycles. The van der Waals surface area contributed by atoms with Crippen molar-refractivity contribution < 1.29 is 9.47 Å². The van der Waals surface area contributed by atoms with Crippen LogP contribution in [0.15, 0.2) is 12.3 Å². The van der Waals surface area contributed by atoms with Crippen LogP contribution in [0, 0.1) is 18.3 Å². The highest BCUT2D eigenvalue weighted by atomic mass is 32.1. The van der Waals surface area contributed by atoms with Crippen molar-refractivity contribution >= 4 is 22.3 Å². The number of ether oxygens (including phenoxy) is 2. The van der Waals surface area contributed by atoms with Gasteiger partial charge in [-0.15, -0.1) is 0 Å². The minimum atomic E-state index is 0.536. The first-order chi connectivity index (χ1) is 12.2. The van der Waals surface area contributed by atoms with Gasteiger partial charge in [0.15, 0.2) is 5.13 Å². The summed E-state index contributed by atoms with van der Waals surface area (Å²) in [5, 5.41) is 12.6. The average molecular weight is 360 g/mol. The fourth-order valence-corrected chi connectivity index (χ4v) is 3.08. The van der Waals surface area contributed by atoms with E-state index in [9.17, 15) is 0 Å². The smallest absolute Gasteiger partial charge is 0.218 e. The Balaban J connectivity index is 1.51. The predicted octanol–water partition coefficient (Wildman–Crippen LogP) is 1.96. The fourth-order valence-electron chi connectivity index (χ4n) is 2.46. The molecule has 8 nitrogen and oxygen atoms in total. The number of thiazole rings is 1. The molecule has 3 heterocycles. The molecular formula is C16H20N6O2S. The topological polar surface area (TPSA) is 96.2 Å². The molecule has 1 aliphatic rings. The second-order valence-electron chi connectivity index (χ2n) is 5.56. The summed E-state index contributed by atoms with van der Waals surface area (Å²) in [7, 11) is 0. The van der Waals surface area contributed by atoms with Crippen molar-refractivity contribution in [2.75, 3.05) is 44.8 Å². The number of anilines is 2. The van der Waals surface area contributed by atoms with Gasteiger partial charge in [0, 0.05) is 25.7 Å². The van der Waals surface area contributed by atoms with Crippen molar-refractivity contribution in [3.8, 4) is 11.9 Å². The molecule has 2 aromatic heterocycles. The van der Waals surface area contributed by atoms with Crippen LogP contribution in [0.1, 0.15) is 17.1 Å². The van der Waals surface area contributed by atoms with Crippen molar-refractivity contribution in [3.63, 3.8) is 0 Å². The van der Waals surface area contributed by atoms with E-state index in [1.807, 2.05) is 6.92 Å².